The van der Waals surface area contributed by atoms with Gasteiger partial charge in [0.1, 0.15) is 12.2 Å². The molecule has 1 atom stereocenters. The van der Waals surface area contributed by atoms with E-state index < -0.39 is 0 Å². The first kappa shape index (κ1) is 28.3. The number of fused-ring (bicyclic) bond motifs is 2. The minimum Gasteiger partial charge on any atom is -0.446 e. The number of methoxy groups -OCH3 is 1. The van der Waals surface area contributed by atoms with Crippen LogP contribution in [0.25, 0.3) is 11.6 Å². The monoisotopic (exact) mass is 565 g/mol. The van der Waals surface area contributed by atoms with Gasteiger partial charge in [0.05, 0.1) is 37.1 Å². The van der Waals surface area contributed by atoms with E-state index in [0.29, 0.717) is 18.2 Å². The quantitative estimate of drug-likeness (QED) is 0.498. The summed E-state index contributed by atoms with van der Waals surface area (Å²) in [4.78, 5) is 22.3. The summed E-state index contributed by atoms with van der Waals surface area (Å²) >= 11 is 6.31. The van der Waals surface area contributed by atoms with Gasteiger partial charge in [0, 0.05) is 70.8 Å². The molecule has 40 heavy (non-hydrogen) atoms. The van der Waals surface area contributed by atoms with Crippen molar-refractivity contribution in [2.75, 3.05) is 46.5 Å². The summed E-state index contributed by atoms with van der Waals surface area (Å²) in [6.45, 7) is 4.65. The van der Waals surface area contributed by atoms with Crippen LogP contribution in [-0.4, -0.2) is 78.1 Å². The number of aryl methyl sites for hydroxylation is 1. The molecule has 2 aromatic heterocycles. The summed E-state index contributed by atoms with van der Waals surface area (Å²) in [5, 5.41) is 3.92. The van der Waals surface area contributed by atoms with Gasteiger partial charge in [0.2, 0.25) is 0 Å². The number of piperazine rings is 1. The summed E-state index contributed by atoms with van der Waals surface area (Å²) in [5.41, 5.74) is 6.51. The Hall–Kier alpha value is -3.24. The van der Waals surface area contributed by atoms with Gasteiger partial charge in [-0.1, -0.05) is 23.7 Å². The van der Waals surface area contributed by atoms with Crippen molar-refractivity contribution in [1.29, 1.82) is 0 Å². The fourth-order valence-corrected chi connectivity index (χ4v) is 5.40. The number of hydrogen-bond acceptors (Lipinski definition) is 7. The van der Waals surface area contributed by atoms with Gasteiger partial charge in [-0.05, 0) is 46.5 Å². The molecule has 3 aliphatic rings. The second kappa shape index (κ2) is 13.4. The third-order valence-corrected chi connectivity index (χ3v) is 7.66. The fraction of sp³-hybridized carbons (Fsp3) is 0.433. The molecule has 1 aliphatic carbocycles. The van der Waals surface area contributed by atoms with Crippen molar-refractivity contribution in [3.63, 3.8) is 0 Å². The Morgan fingerprint density at radius 2 is 2.00 bits per heavy atom. The number of imidazole rings is 1. The van der Waals surface area contributed by atoms with Crippen LogP contribution in [0.4, 0.5) is 4.79 Å². The van der Waals surface area contributed by atoms with Crippen LogP contribution in [0.3, 0.4) is 0 Å². The van der Waals surface area contributed by atoms with Crippen molar-refractivity contribution in [3.8, 4) is 0 Å². The minimum atomic E-state index is -0.240. The first-order valence-electron chi connectivity index (χ1n) is 13.7. The summed E-state index contributed by atoms with van der Waals surface area (Å²) in [7, 11) is 3.69. The molecule has 212 valence electrons. The van der Waals surface area contributed by atoms with E-state index in [2.05, 4.69) is 33.5 Å². The lowest BCUT2D eigenvalue weighted by Gasteiger charge is -2.30. The molecule has 2 aliphatic heterocycles. The maximum atomic E-state index is 11.7. The van der Waals surface area contributed by atoms with Crippen molar-refractivity contribution in [1.82, 2.24) is 24.8 Å². The van der Waals surface area contributed by atoms with Gasteiger partial charge < -0.3 is 29.0 Å². The number of benzene rings is 1. The van der Waals surface area contributed by atoms with Gasteiger partial charge in [0.25, 0.3) is 0 Å². The molecule has 6 rings (SSSR count). The summed E-state index contributed by atoms with van der Waals surface area (Å²) in [6, 6.07) is 10.1. The van der Waals surface area contributed by atoms with Crippen LogP contribution in [0.15, 0.2) is 49.1 Å². The van der Waals surface area contributed by atoms with Crippen molar-refractivity contribution >= 4 is 29.3 Å². The predicted molar refractivity (Wildman–Crippen MR) is 154 cm³/mol. The van der Waals surface area contributed by atoms with Gasteiger partial charge in [-0.3, -0.25) is 4.98 Å². The molecule has 3 aromatic rings. The molecular formula is C30H36ClN5O4. The average Bonchev–Trinajstić information content (AvgIpc) is 3.33. The Labute approximate surface area is 240 Å². The second-order valence-corrected chi connectivity index (χ2v) is 10.5. The van der Waals surface area contributed by atoms with E-state index in [1.807, 2.05) is 42.2 Å². The summed E-state index contributed by atoms with van der Waals surface area (Å²) in [5.74, 6) is 0. The topological polar surface area (TPSA) is 90.7 Å². The van der Waals surface area contributed by atoms with E-state index in [0.717, 1.165) is 73.5 Å². The standard InChI is InChI=1S/C20H18ClN3O.C10H18N2O3/c1-24-12-22-11-19(24)20(25-2)17-8-14-4-3-7-23-18(14)9-13-5-6-15(21)10-16(13)17;13-10(12-5-3-11-4-6-12)15-9-1-7-14-8-2-9/h3-8,10-12,20H,9H2,1-2H3;9,11H,1-8H2. The third kappa shape index (κ3) is 6.72. The number of rotatable bonds is 4. The molecule has 4 heterocycles. The van der Waals surface area contributed by atoms with Gasteiger partial charge in [-0.2, -0.15) is 0 Å². The zero-order chi connectivity index (χ0) is 27.9. The number of amides is 1. The highest BCUT2D eigenvalue weighted by molar-refractivity contribution is 6.30. The SMILES string of the molecule is COC(C1=Cc2cccnc2Cc2ccc(Cl)cc21)c1cncn1C.O=C(OC1CCOCC1)N1CCNCC1. The minimum absolute atomic E-state index is 0.0566. The number of nitrogens with zero attached hydrogens (tertiary/aromatic N) is 4. The van der Waals surface area contributed by atoms with E-state index in [1.165, 1.54) is 5.56 Å². The van der Waals surface area contributed by atoms with Crippen molar-refractivity contribution in [2.45, 2.75) is 31.5 Å². The largest absolute Gasteiger partial charge is 0.446 e. The van der Waals surface area contributed by atoms with Gasteiger partial charge in [-0.25, -0.2) is 9.78 Å². The molecule has 1 N–H and O–H groups in total. The number of ether oxygens (including phenoxy) is 3. The van der Waals surface area contributed by atoms with E-state index >= 15 is 0 Å². The third-order valence-electron chi connectivity index (χ3n) is 7.43. The van der Waals surface area contributed by atoms with Gasteiger partial charge in [-0.15, -0.1) is 0 Å². The lowest BCUT2D eigenvalue weighted by molar-refractivity contribution is -0.0111. The smallest absolute Gasteiger partial charge is 0.410 e. The Morgan fingerprint density at radius 1 is 1.20 bits per heavy atom. The predicted octanol–water partition coefficient (Wildman–Crippen LogP) is 4.51. The summed E-state index contributed by atoms with van der Waals surface area (Å²) in [6.07, 6.45) is 9.70. The van der Waals surface area contributed by atoms with Crippen LogP contribution in [-0.2, 0) is 27.7 Å². The molecule has 1 amide bonds. The molecule has 0 bridgehead atoms. The number of carbonyl (C=O) groups is 1. The van der Waals surface area contributed by atoms with Crippen LogP contribution in [0, 0.1) is 0 Å². The van der Waals surface area contributed by atoms with Crippen LogP contribution >= 0.6 is 11.6 Å². The number of carbonyl (C=O) groups excluding carboxylic acids is 1. The van der Waals surface area contributed by atoms with Crippen molar-refractivity contribution in [2.24, 2.45) is 7.05 Å². The normalized spacial score (nSPS) is 17.9. The summed E-state index contributed by atoms with van der Waals surface area (Å²) < 4.78 is 18.5. The zero-order valence-electron chi connectivity index (χ0n) is 23.0. The molecule has 10 heteroatoms. The molecule has 9 nitrogen and oxygen atoms in total. The highest BCUT2D eigenvalue weighted by atomic mass is 35.5. The van der Waals surface area contributed by atoms with Gasteiger partial charge >= 0.3 is 6.09 Å². The van der Waals surface area contributed by atoms with Crippen LogP contribution < -0.4 is 5.32 Å². The molecule has 1 aromatic carbocycles. The van der Waals surface area contributed by atoms with E-state index in [4.69, 9.17) is 25.8 Å². The van der Waals surface area contributed by atoms with Crippen LogP contribution in [0.5, 0.6) is 0 Å². The first-order valence-corrected chi connectivity index (χ1v) is 14.1. The fourth-order valence-electron chi connectivity index (χ4n) is 5.23. The second-order valence-electron chi connectivity index (χ2n) is 10.1. The maximum Gasteiger partial charge on any atom is 0.410 e. The molecule has 2 fully saturated rings. The number of pyridine rings is 1. The zero-order valence-corrected chi connectivity index (χ0v) is 23.8. The Bertz CT molecular complexity index is 1330. The van der Waals surface area contributed by atoms with Crippen LogP contribution in [0.1, 0.15) is 47.0 Å². The maximum absolute atomic E-state index is 11.7. The highest BCUT2D eigenvalue weighted by Crippen LogP contribution is 2.39. The molecule has 0 saturated carbocycles. The van der Waals surface area contributed by atoms with E-state index in [-0.39, 0.29) is 18.3 Å². The first-order chi connectivity index (χ1) is 19.5. The molecular weight excluding hydrogens is 530 g/mol. The average molecular weight is 566 g/mol. The van der Waals surface area contributed by atoms with E-state index in [9.17, 15) is 4.79 Å². The molecule has 1 unspecified atom stereocenters. The molecule has 0 radical (unpaired) electrons. The molecule has 0 spiro atoms. The van der Waals surface area contributed by atoms with Crippen molar-refractivity contribution < 1.29 is 19.0 Å². The number of aromatic nitrogens is 3. The van der Waals surface area contributed by atoms with Crippen LogP contribution in [0.2, 0.25) is 5.02 Å². The lowest BCUT2D eigenvalue weighted by atomic mass is 9.93. The highest BCUT2D eigenvalue weighted by Gasteiger charge is 2.26. The Morgan fingerprint density at radius 3 is 2.73 bits per heavy atom. The van der Waals surface area contributed by atoms with Gasteiger partial charge in [0.15, 0.2) is 0 Å². The Kier molecular flexibility index (Phi) is 9.49. The number of halogens is 1. The lowest BCUT2D eigenvalue weighted by Crippen LogP contribution is -2.47. The Balaban J connectivity index is 0.000000184. The number of nitrogens with one attached hydrogen (secondary N) is 1. The van der Waals surface area contributed by atoms with E-state index in [1.54, 1.807) is 18.3 Å². The van der Waals surface area contributed by atoms with Crippen molar-refractivity contribution in [3.05, 3.63) is 82.2 Å². The number of hydrogen-bond donors (Lipinski definition) is 1. The molecule has 2 saturated heterocycles.